The second-order valence-corrected chi connectivity index (χ2v) is 8.01. The minimum absolute atomic E-state index is 0.166. The Labute approximate surface area is 148 Å². The molecule has 6 heteroatoms. The molecule has 0 bridgehead atoms. The van der Waals surface area contributed by atoms with Gasteiger partial charge in [-0.1, -0.05) is 48.0 Å². The van der Waals surface area contributed by atoms with E-state index in [-0.39, 0.29) is 10.8 Å². The first-order valence-corrected chi connectivity index (χ1v) is 9.68. The van der Waals surface area contributed by atoms with Crippen LogP contribution in [0.15, 0.2) is 63.9 Å². The molecule has 1 fully saturated rings. The minimum Gasteiger partial charge on any atom is -0.388 e. The molecule has 0 radical (unpaired) electrons. The van der Waals surface area contributed by atoms with E-state index in [1.165, 1.54) is 0 Å². The molecule has 3 rings (SSSR count). The highest BCUT2D eigenvalue weighted by atomic mass is 32.2. The number of hydrogen-bond donors (Lipinski definition) is 1. The number of aryl methyl sites for hydroxylation is 1. The largest absolute Gasteiger partial charge is 0.388 e. The molecule has 1 aliphatic heterocycles. The van der Waals surface area contributed by atoms with E-state index in [1.54, 1.807) is 31.3 Å². The summed E-state index contributed by atoms with van der Waals surface area (Å²) >= 11 is 0. The fourth-order valence-electron chi connectivity index (χ4n) is 3.06. The molecule has 1 saturated heterocycles. The quantitative estimate of drug-likeness (QED) is 0.912. The Bertz CT molecular complexity index is 861. The maximum atomic E-state index is 12.7. The molecule has 0 aliphatic carbocycles. The third-order valence-electron chi connectivity index (χ3n) is 4.55. The Morgan fingerprint density at radius 1 is 1.12 bits per heavy atom. The molecule has 0 spiro atoms. The number of benzene rings is 2. The summed E-state index contributed by atoms with van der Waals surface area (Å²) in [5.74, 6) is 0.0737. The number of likely N-dealkylation sites (tertiary alicyclic amines) is 1. The van der Waals surface area contributed by atoms with E-state index in [4.69, 9.17) is 0 Å². The first-order valence-electron chi connectivity index (χ1n) is 8.24. The highest BCUT2D eigenvalue weighted by Crippen LogP contribution is 2.32. The molecule has 0 amide bonds. The van der Waals surface area contributed by atoms with Gasteiger partial charge in [-0.05, 0) is 31.0 Å². The van der Waals surface area contributed by atoms with Crippen molar-refractivity contribution in [3.8, 4) is 0 Å². The van der Waals surface area contributed by atoms with Crippen LogP contribution in [0.25, 0.3) is 0 Å². The van der Waals surface area contributed by atoms with Crippen molar-refractivity contribution >= 4 is 15.9 Å². The first kappa shape index (κ1) is 17.6. The molecular weight excluding hydrogens is 336 g/mol. The van der Waals surface area contributed by atoms with Crippen LogP contribution in [0.1, 0.15) is 23.7 Å². The van der Waals surface area contributed by atoms with Crippen molar-refractivity contribution in [2.45, 2.75) is 24.3 Å². The molecule has 2 atom stereocenters. The number of aliphatic hydroxyl groups is 1. The van der Waals surface area contributed by atoms with Gasteiger partial charge in [0.1, 0.15) is 5.84 Å². The number of sulfonamides is 1. The summed E-state index contributed by atoms with van der Waals surface area (Å²) in [6.45, 7) is 2.57. The van der Waals surface area contributed by atoms with E-state index in [2.05, 4.69) is 4.40 Å². The van der Waals surface area contributed by atoms with Gasteiger partial charge in [0.2, 0.25) is 0 Å². The number of hydrogen-bond acceptors (Lipinski definition) is 3. The van der Waals surface area contributed by atoms with Crippen LogP contribution in [0, 0.1) is 12.8 Å². The highest BCUT2D eigenvalue weighted by molar-refractivity contribution is 7.90. The van der Waals surface area contributed by atoms with Crippen LogP contribution < -0.4 is 0 Å². The van der Waals surface area contributed by atoms with Gasteiger partial charge >= 0.3 is 0 Å². The van der Waals surface area contributed by atoms with Gasteiger partial charge in [-0.2, -0.15) is 8.42 Å². The fourth-order valence-corrected chi connectivity index (χ4v) is 4.17. The molecule has 1 aliphatic rings. The van der Waals surface area contributed by atoms with Gasteiger partial charge < -0.3 is 10.0 Å². The molecule has 132 valence electrons. The van der Waals surface area contributed by atoms with E-state index >= 15 is 0 Å². The Kier molecular flexibility index (Phi) is 4.92. The van der Waals surface area contributed by atoms with Crippen LogP contribution in [0.3, 0.4) is 0 Å². The zero-order valence-corrected chi connectivity index (χ0v) is 15.1. The van der Waals surface area contributed by atoms with Crippen LogP contribution in [-0.4, -0.2) is 37.9 Å². The first-order chi connectivity index (χ1) is 11.9. The summed E-state index contributed by atoms with van der Waals surface area (Å²) in [7, 11) is -2.00. The van der Waals surface area contributed by atoms with E-state index in [9.17, 15) is 13.5 Å². The Balaban J connectivity index is 1.95. The molecule has 1 heterocycles. The fraction of sp³-hybridized carbons (Fsp3) is 0.316. The summed E-state index contributed by atoms with van der Waals surface area (Å²) in [4.78, 5) is 1.97. The summed E-state index contributed by atoms with van der Waals surface area (Å²) < 4.78 is 29.4. The van der Waals surface area contributed by atoms with Crippen LogP contribution in [-0.2, 0) is 10.0 Å². The SMILES string of the molecule is Cc1ccc(S(=O)(=O)/N=C2/[C@H]([C@@H](O)c3ccccc3)CCN2C)cc1. The highest BCUT2D eigenvalue weighted by Gasteiger charge is 2.35. The Morgan fingerprint density at radius 3 is 2.40 bits per heavy atom. The van der Waals surface area contributed by atoms with Gasteiger partial charge in [-0.3, -0.25) is 0 Å². The number of aliphatic hydroxyl groups excluding tert-OH is 1. The Hall–Kier alpha value is -2.18. The van der Waals surface area contributed by atoms with Crippen molar-refractivity contribution in [2.24, 2.45) is 10.3 Å². The zero-order valence-electron chi connectivity index (χ0n) is 14.3. The molecule has 25 heavy (non-hydrogen) atoms. The van der Waals surface area contributed by atoms with Crippen molar-refractivity contribution in [1.82, 2.24) is 4.90 Å². The maximum absolute atomic E-state index is 12.7. The molecule has 1 N–H and O–H groups in total. The topological polar surface area (TPSA) is 70.0 Å². The molecule has 0 saturated carbocycles. The van der Waals surface area contributed by atoms with Crippen LogP contribution >= 0.6 is 0 Å². The lowest BCUT2D eigenvalue weighted by Gasteiger charge is -2.21. The second-order valence-electron chi connectivity index (χ2n) is 6.41. The average molecular weight is 358 g/mol. The standard InChI is InChI=1S/C19H22N2O3S/c1-14-8-10-16(11-9-14)25(23,24)20-19-17(12-13-21(19)2)18(22)15-6-4-3-5-7-15/h3-11,17-18,22H,12-13H2,1-2H3/b20-19-/t17-,18-/m0/s1. The monoisotopic (exact) mass is 358 g/mol. The van der Waals surface area contributed by atoms with E-state index in [1.807, 2.05) is 42.2 Å². The summed E-state index contributed by atoms with van der Waals surface area (Å²) in [6, 6.07) is 15.9. The normalized spacial score (nSPS) is 20.8. The van der Waals surface area contributed by atoms with Gasteiger partial charge in [0, 0.05) is 19.5 Å². The van der Waals surface area contributed by atoms with Crippen molar-refractivity contribution in [2.75, 3.05) is 13.6 Å². The summed E-state index contributed by atoms with van der Waals surface area (Å²) in [5, 5.41) is 10.7. The third-order valence-corrected chi connectivity index (χ3v) is 5.85. The Morgan fingerprint density at radius 2 is 1.76 bits per heavy atom. The third kappa shape index (κ3) is 3.75. The van der Waals surface area contributed by atoms with Gasteiger partial charge in [0.25, 0.3) is 10.0 Å². The summed E-state index contributed by atoms with van der Waals surface area (Å²) in [6.07, 6.45) is -0.118. The molecule has 2 aromatic rings. The molecule has 0 aromatic heterocycles. The lowest BCUT2D eigenvalue weighted by molar-refractivity contribution is 0.141. The maximum Gasteiger partial charge on any atom is 0.283 e. The van der Waals surface area contributed by atoms with Crippen LogP contribution in [0.2, 0.25) is 0 Å². The lowest BCUT2D eigenvalue weighted by atomic mass is 9.94. The minimum atomic E-state index is -3.81. The average Bonchev–Trinajstić information content (AvgIpc) is 2.95. The van der Waals surface area contributed by atoms with Crippen LogP contribution in [0.5, 0.6) is 0 Å². The van der Waals surface area contributed by atoms with E-state index in [0.29, 0.717) is 18.8 Å². The molecule has 0 unspecified atom stereocenters. The smallest absolute Gasteiger partial charge is 0.283 e. The van der Waals surface area contributed by atoms with E-state index in [0.717, 1.165) is 11.1 Å². The molecular formula is C19H22N2O3S. The number of nitrogens with zero attached hydrogens (tertiary/aromatic N) is 2. The predicted molar refractivity (Wildman–Crippen MR) is 97.9 cm³/mol. The predicted octanol–water partition coefficient (Wildman–Crippen LogP) is 2.77. The van der Waals surface area contributed by atoms with Crippen LogP contribution in [0.4, 0.5) is 0 Å². The van der Waals surface area contributed by atoms with Crippen molar-refractivity contribution < 1.29 is 13.5 Å². The van der Waals surface area contributed by atoms with Crippen molar-refractivity contribution in [3.63, 3.8) is 0 Å². The van der Waals surface area contributed by atoms with Gasteiger partial charge in [0.15, 0.2) is 0 Å². The second kappa shape index (κ2) is 6.98. The molecule has 2 aromatic carbocycles. The molecule has 5 nitrogen and oxygen atoms in total. The van der Waals surface area contributed by atoms with Crippen molar-refractivity contribution in [3.05, 3.63) is 65.7 Å². The van der Waals surface area contributed by atoms with Gasteiger partial charge in [-0.25, -0.2) is 0 Å². The van der Waals surface area contributed by atoms with Crippen molar-refractivity contribution in [1.29, 1.82) is 0 Å². The van der Waals surface area contributed by atoms with Gasteiger partial charge in [-0.15, -0.1) is 4.40 Å². The lowest BCUT2D eigenvalue weighted by Crippen LogP contribution is -2.28. The van der Waals surface area contributed by atoms with E-state index < -0.39 is 16.1 Å². The number of amidine groups is 1. The zero-order chi connectivity index (χ0) is 18.0. The number of rotatable bonds is 4. The van der Waals surface area contributed by atoms with Gasteiger partial charge in [0.05, 0.1) is 11.0 Å². The summed E-state index contributed by atoms with van der Waals surface area (Å²) in [5.41, 5.74) is 1.75.